The fraction of sp³-hybridized carbons (Fsp3) is 0.130. The van der Waals surface area contributed by atoms with Crippen LogP contribution in [0.1, 0.15) is 31.8 Å². The lowest BCUT2D eigenvalue weighted by molar-refractivity contribution is 0.0940. The Kier molecular flexibility index (Phi) is 6.68. The van der Waals surface area contributed by atoms with E-state index >= 15 is 0 Å². The van der Waals surface area contributed by atoms with E-state index in [0.29, 0.717) is 24.1 Å². The molecule has 4 nitrogen and oxygen atoms in total. The summed E-state index contributed by atoms with van der Waals surface area (Å²) in [6, 6.07) is 18.3. The van der Waals surface area contributed by atoms with E-state index < -0.39 is 0 Å². The Balaban J connectivity index is 1.47. The highest BCUT2D eigenvalue weighted by atomic mass is 19.1. The third-order valence-corrected chi connectivity index (χ3v) is 4.39. The van der Waals surface area contributed by atoms with Crippen LogP contribution in [0.15, 0.2) is 72.8 Å². The first-order chi connectivity index (χ1) is 14.0. The molecule has 2 N–H and O–H groups in total. The van der Waals surface area contributed by atoms with Crippen molar-refractivity contribution in [1.29, 1.82) is 0 Å². The third-order valence-electron chi connectivity index (χ3n) is 4.39. The summed E-state index contributed by atoms with van der Waals surface area (Å²) in [5.74, 6) is -1.14. The molecule has 2 amide bonds. The number of amides is 2. The van der Waals surface area contributed by atoms with Gasteiger partial charge < -0.3 is 10.6 Å². The molecular weight excluding hydrogens is 374 g/mol. The van der Waals surface area contributed by atoms with Crippen LogP contribution < -0.4 is 10.6 Å². The molecule has 29 heavy (non-hydrogen) atoms. The highest BCUT2D eigenvalue weighted by molar-refractivity contribution is 5.97. The van der Waals surface area contributed by atoms with Crippen LogP contribution >= 0.6 is 0 Å². The standard InChI is InChI=1S/C23H20F2N2O2/c24-20-9-1-16(2-10-20)13-14-26-22(28)18-5-7-19(8-6-18)23(29)27-15-17-3-11-21(25)12-4-17/h1-12H,13-15H2,(H,26,28)(H,27,29). The van der Waals surface area contributed by atoms with Gasteiger partial charge in [-0.2, -0.15) is 0 Å². The van der Waals surface area contributed by atoms with Crippen LogP contribution in [0, 0.1) is 11.6 Å². The van der Waals surface area contributed by atoms with Gasteiger partial charge in [0.1, 0.15) is 11.6 Å². The molecule has 0 aliphatic heterocycles. The number of rotatable bonds is 7. The van der Waals surface area contributed by atoms with E-state index in [1.165, 1.54) is 24.3 Å². The van der Waals surface area contributed by atoms with Crippen LogP contribution in [0.4, 0.5) is 8.78 Å². The monoisotopic (exact) mass is 394 g/mol. The first-order valence-electron chi connectivity index (χ1n) is 9.16. The lowest BCUT2D eigenvalue weighted by atomic mass is 10.1. The van der Waals surface area contributed by atoms with Crippen molar-refractivity contribution in [2.75, 3.05) is 6.54 Å². The molecule has 3 aromatic rings. The van der Waals surface area contributed by atoms with Crippen molar-refractivity contribution in [1.82, 2.24) is 10.6 Å². The van der Waals surface area contributed by atoms with Gasteiger partial charge >= 0.3 is 0 Å². The van der Waals surface area contributed by atoms with Crippen molar-refractivity contribution in [3.63, 3.8) is 0 Å². The van der Waals surface area contributed by atoms with E-state index in [1.54, 1.807) is 48.5 Å². The van der Waals surface area contributed by atoms with Crippen LogP contribution in [0.5, 0.6) is 0 Å². The van der Waals surface area contributed by atoms with E-state index in [1.807, 2.05) is 0 Å². The topological polar surface area (TPSA) is 58.2 Å². The molecule has 0 radical (unpaired) electrons. The van der Waals surface area contributed by atoms with Gasteiger partial charge in [0.05, 0.1) is 0 Å². The zero-order chi connectivity index (χ0) is 20.6. The molecule has 148 valence electrons. The zero-order valence-electron chi connectivity index (χ0n) is 15.6. The number of carbonyl (C=O) groups is 2. The van der Waals surface area contributed by atoms with E-state index in [9.17, 15) is 18.4 Å². The molecule has 0 bridgehead atoms. The number of benzene rings is 3. The summed E-state index contributed by atoms with van der Waals surface area (Å²) >= 11 is 0. The molecule has 0 unspecified atom stereocenters. The molecule has 0 aromatic heterocycles. The van der Waals surface area contributed by atoms with Gasteiger partial charge in [0.25, 0.3) is 11.8 Å². The first kappa shape index (κ1) is 20.2. The van der Waals surface area contributed by atoms with Gasteiger partial charge in [-0.05, 0) is 66.1 Å². The van der Waals surface area contributed by atoms with Gasteiger partial charge in [-0.25, -0.2) is 8.78 Å². The summed E-state index contributed by atoms with van der Waals surface area (Å²) < 4.78 is 25.8. The molecule has 0 aliphatic carbocycles. The predicted octanol–water partition coefficient (Wildman–Crippen LogP) is 3.87. The lowest BCUT2D eigenvalue weighted by Crippen LogP contribution is -2.26. The second-order valence-electron chi connectivity index (χ2n) is 6.52. The van der Waals surface area contributed by atoms with Gasteiger partial charge in [0, 0.05) is 24.2 Å². The highest BCUT2D eigenvalue weighted by Crippen LogP contribution is 2.07. The average Bonchev–Trinajstić information content (AvgIpc) is 2.74. The Hall–Kier alpha value is -3.54. The Morgan fingerprint density at radius 3 is 1.59 bits per heavy atom. The maximum atomic E-state index is 12.9. The highest BCUT2D eigenvalue weighted by Gasteiger charge is 2.09. The van der Waals surface area contributed by atoms with Gasteiger partial charge in [-0.3, -0.25) is 9.59 Å². The Morgan fingerprint density at radius 1 is 0.621 bits per heavy atom. The number of carbonyl (C=O) groups excluding carboxylic acids is 2. The molecule has 6 heteroatoms. The minimum absolute atomic E-state index is 0.245. The van der Waals surface area contributed by atoms with Crippen molar-refractivity contribution in [2.24, 2.45) is 0 Å². The third kappa shape index (κ3) is 5.97. The molecule has 0 spiro atoms. The van der Waals surface area contributed by atoms with Crippen molar-refractivity contribution < 1.29 is 18.4 Å². The van der Waals surface area contributed by atoms with Crippen molar-refractivity contribution in [3.8, 4) is 0 Å². The molecule has 3 rings (SSSR count). The second kappa shape index (κ2) is 9.59. The summed E-state index contributed by atoms with van der Waals surface area (Å²) in [5, 5.41) is 5.55. The zero-order valence-corrected chi connectivity index (χ0v) is 15.6. The summed E-state index contributed by atoms with van der Waals surface area (Å²) in [6.07, 6.45) is 0.593. The molecule has 0 saturated heterocycles. The van der Waals surface area contributed by atoms with Crippen molar-refractivity contribution in [2.45, 2.75) is 13.0 Å². The summed E-state index contributed by atoms with van der Waals surface area (Å²) in [7, 11) is 0. The minimum atomic E-state index is -0.327. The van der Waals surface area contributed by atoms with Gasteiger partial charge in [-0.15, -0.1) is 0 Å². The van der Waals surface area contributed by atoms with E-state index in [2.05, 4.69) is 10.6 Å². The Morgan fingerprint density at radius 2 is 1.07 bits per heavy atom. The van der Waals surface area contributed by atoms with Crippen LogP contribution in [-0.4, -0.2) is 18.4 Å². The minimum Gasteiger partial charge on any atom is -0.352 e. The van der Waals surface area contributed by atoms with Crippen LogP contribution in [-0.2, 0) is 13.0 Å². The predicted molar refractivity (Wildman–Crippen MR) is 106 cm³/mol. The molecule has 0 saturated carbocycles. The maximum Gasteiger partial charge on any atom is 0.251 e. The molecule has 0 fully saturated rings. The number of nitrogens with one attached hydrogen (secondary N) is 2. The SMILES string of the molecule is O=C(NCCc1ccc(F)cc1)c1ccc(C(=O)NCc2ccc(F)cc2)cc1. The van der Waals surface area contributed by atoms with Gasteiger partial charge in [-0.1, -0.05) is 24.3 Å². The van der Waals surface area contributed by atoms with Gasteiger partial charge in [0.2, 0.25) is 0 Å². The molecular formula is C23H20F2N2O2. The molecule has 3 aromatic carbocycles. The molecule has 0 heterocycles. The second-order valence-corrected chi connectivity index (χ2v) is 6.52. The molecule has 0 atom stereocenters. The average molecular weight is 394 g/mol. The van der Waals surface area contributed by atoms with Crippen molar-refractivity contribution in [3.05, 3.63) is 107 Å². The smallest absolute Gasteiger partial charge is 0.251 e. The molecule has 0 aliphatic rings. The number of hydrogen-bond donors (Lipinski definition) is 2. The fourth-order valence-electron chi connectivity index (χ4n) is 2.73. The van der Waals surface area contributed by atoms with Crippen LogP contribution in [0.3, 0.4) is 0 Å². The van der Waals surface area contributed by atoms with Crippen molar-refractivity contribution >= 4 is 11.8 Å². The van der Waals surface area contributed by atoms with Crippen LogP contribution in [0.2, 0.25) is 0 Å². The first-order valence-corrected chi connectivity index (χ1v) is 9.16. The summed E-state index contributed by atoms with van der Waals surface area (Å²) in [5.41, 5.74) is 2.59. The number of halogens is 2. The Labute approximate surface area is 167 Å². The lowest BCUT2D eigenvalue weighted by Gasteiger charge is -2.08. The Bertz CT molecular complexity index is 969. The summed E-state index contributed by atoms with van der Waals surface area (Å²) in [4.78, 5) is 24.4. The van der Waals surface area contributed by atoms with E-state index in [0.717, 1.165) is 11.1 Å². The normalized spacial score (nSPS) is 10.4. The largest absolute Gasteiger partial charge is 0.352 e. The maximum absolute atomic E-state index is 12.9. The van der Waals surface area contributed by atoms with Crippen LogP contribution in [0.25, 0.3) is 0 Å². The fourth-order valence-corrected chi connectivity index (χ4v) is 2.73. The van der Waals surface area contributed by atoms with E-state index in [4.69, 9.17) is 0 Å². The van der Waals surface area contributed by atoms with Gasteiger partial charge in [0.15, 0.2) is 0 Å². The number of hydrogen-bond acceptors (Lipinski definition) is 2. The quantitative estimate of drug-likeness (QED) is 0.639. The summed E-state index contributed by atoms with van der Waals surface area (Å²) in [6.45, 7) is 0.703. The van der Waals surface area contributed by atoms with E-state index in [-0.39, 0.29) is 30.0 Å².